The summed E-state index contributed by atoms with van der Waals surface area (Å²) in [6, 6.07) is 6.76. The van der Waals surface area contributed by atoms with Gasteiger partial charge in [0.05, 0.1) is 0 Å². The Hall–Kier alpha value is -1.02. The second-order valence-corrected chi connectivity index (χ2v) is 7.22. The Kier molecular flexibility index (Phi) is 2.33. The topological polar surface area (TPSA) is 23.5 Å². The zero-order chi connectivity index (χ0) is 13.2. The van der Waals surface area contributed by atoms with E-state index in [0.29, 0.717) is 11.8 Å². The SMILES string of the molecule is CN1CC2CCC3(C)c4cc(O)ccc4CC1C3C2. The van der Waals surface area contributed by atoms with Crippen molar-refractivity contribution in [1.82, 2.24) is 4.90 Å². The van der Waals surface area contributed by atoms with E-state index in [9.17, 15) is 5.11 Å². The molecule has 1 saturated heterocycles. The van der Waals surface area contributed by atoms with Crippen LogP contribution in [0.1, 0.15) is 37.3 Å². The van der Waals surface area contributed by atoms with Crippen molar-refractivity contribution >= 4 is 0 Å². The molecule has 0 spiro atoms. The number of likely N-dealkylation sites (N-methyl/N-ethyl adjacent to an activating group) is 1. The van der Waals surface area contributed by atoms with E-state index in [1.165, 1.54) is 43.4 Å². The predicted molar refractivity (Wildman–Crippen MR) is 76.4 cm³/mol. The summed E-state index contributed by atoms with van der Waals surface area (Å²) in [6.45, 7) is 3.72. The van der Waals surface area contributed by atoms with Gasteiger partial charge in [0.1, 0.15) is 5.75 Å². The van der Waals surface area contributed by atoms with Crippen LogP contribution in [-0.4, -0.2) is 29.6 Å². The quantitative estimate of drug-likeness (QED) is 0.772. The molecule has 1 aromatic carbocycles. The van der Waals surface area contributed by atoms with E-state index in [1.54, 1.807) is 0 Å². The monoisotopic (exact) mass is 257 g/mol. The fourth-order valence-corrected chi connectivity index (χ4v) is 5.16. The Balaban J connectivity index is 1.88. The van der Waals surface area contributed by atoms with E-state index in [1.807, 2.05) is 12.1 Å². The van der Waals surface area contributed by atoms with Gasteiger partial charge in [-0.15, -0.1) is 0 Å². The van der Waals surface area contributed by atoms with Crippen molar-refractivity contribution in [1.29, 1.82) is 0 Å². The molecule has 2 nitrogen and oxygen atoms in total. The lowest BCUT2D eigenvalue weighted by Gasteiger charge is -2.58. The molecule has 1 heterocycles. The van der Waals surface area contributed by atoms with E-state index in [0.717, 1.165) is 11.8 Å². The Bertz CT molecular complexity index is 526. The minimum absolute atomic E-state index is 0.280. The van der Waals surface area contributed by atoms with Gasteiger partial charge >= 0.3 is 0 Å². The maximum atomic E-state index is 9.87. The van der Waals surface area contributed by atoms with Crippen molar-refractivity contribution in [2.75, 3.05) is 13.6 Å². The van der Waals surface area contributed by atoms with E-state index in [-0.39, 0.29) is 5.41 Å². The molecule has 2 heteroatoms. The van der Waals surface area contributed by atoms with Gasteiger partial charge in [0.2, 0.25) is 0 Å². The average Bonchev–Trinajstić information content (AvgIpc) is 2.39. The highest BCUT2D eigenvalue weighted by molar-refractivity contribution is 5.44. The molecule has 3 aliphatic rings. The molecule has 4 unspecified atom stereocenters. The number of fused-ring (bicyclic) bond motifs is 3. The molecule has 1 aromatic rings. The summed E-state index contributed by atoms with van der Waals surface area (Å²) in [5, 5.41) is 9.87. The first-order chi connectivity index (χ1) is 9.08. The van der Waals surface area contributed by atoms with Gasteiger partial charge in [-0.05, 0) is 73.2 Å². The second-order valence-electron chi connectivity index (χ2n) is 7.22. The number of phenols is 1. The van der Waals surface area contributed by atoms with Crippen LogP contribution in [0, 0.1) is 11.8 Å². The molecular weight excluding hydrogens is 234 g/mol. The number of nitrogens with zero attached hydrogens (tertiary/aromatic N) is 1. The first kappa shape index (κ1) is 11.8. The number of phenolic OH excluding ortho intramolecular Hbond substituents is 1. The van der Waals surface area contributed by atoms with Gasteiger partial charge in [-0.25, -0.2) is 0 Å². The Morgan fingerprint density at radius 2 is 2.21 bits per heavy atom. The number of hydrogen-bond acceptors (Lipinski definition) is 2. The van der Waals surface area contributed by atoms with Gasteiger partial charge in [-0.1, -0.05) is 13.0 Å². The maximum Gasteiger partial charge on any atom is 0.115 e. The third-order valence-corrected chi connectivity index (χ3v) is 6.19. The number of aromatic hydroxyl groups is 1. The first-order valence-electron chi connectivity index (χ1n) is 7.60. The minimum Gasteiger partial charge on any atom is -0.508 e. The van der Waals surface area contributed by atoms with Crippen LogP contribution in [0.3, 0.4) is 0 Å². The largest absolute Gasteiger partial charge is 0.508 e. The third kappa shape index (κ3) is 1.53. The zero-order valence-electron chi connectivity index (χ0n) is 11.9. The number of rotatable bonds is 0. The minimum atomic E-state index is 0.280. The summed E-state index contributed by atoms with van der Waals surface area (Å²) in [5.41, 5.74) is 3.18. The highest BCUT2D eigenvalue weighted by atomic mass is 16.3. The van der Waals surface area contributed by atoms with E-state index in [4.69, 9.17) is 0 Å². The standard InChI is InChI=1S/C17H23NO/c1-17-6-5-11-7-15(17)16(18(2)10-11)8-12-3-4-13(19)9-14(12)17/h3-4,9,11,15-16,19H,5-8,10H2,1-2H3. The molecule has 102 valence electrons. The predicted octanol–water partition coefficient (Wildman–Crippen LogP) is 2.94. The lowest BCUT2D eigenvalue weighted by Crippen LogP contribution is -2.59. The van der Waals surface area contributed by atoms with Crippen LogP contribution in [0.5, 0.6) is 5.75 Å². The van der Waals surface area contributed by atoms with E-state index in [2.05, 4.69) is 24.9 Å². The van der Waals surface area contributed by atoms with Crippen molar-refractivity contribution < 1.29 is 5.11 Å². The first-order valence-corrected chi connectivity index (χ1v) is 7.60. The van der Waals surface area contributed by atoms with Crippen LogP contribution in [0.4, 0.5) is 0 Å². The van der Waals surface area contributed by atoms with Crippen LogP contribution in [0.15, 0.2) is 18.2 Å². The molecule has 0 radical (unpaired) electrons. The molecule has 2 fully saturated rings. The maximum absolute atomic E-state index is 9.87. The van der Waals surface area contributed by atoms with Crippen molar-refractivity contribution in [3.05, 3.63) is 29.3 Å². The van der Waals surface area contributed by atoms with Crippen LogP contribution in [0.2, 0.25) is 0 Å². The normalized spacial score (nSPS) is 40.8. The van der Waals surface area contributed by atoms with Gasteiger partial charge in [0.15, 0.2) is 0 Å². The number of piperidine rings is 1. The number of likely N-dealkylation sites (tertiary alicyclic amines) is 1. The Morgan fingerprint density at radius 3 is 3.05 bits per heavy atom. The molecule has 19 heavy (non-hydrogen) atoms. The van der Waals surface area contributed by atoms with Crippen LogP contribution < -0.4 is 0 Å². The fourth-order valence-electron chi connectivity index (χ4n) is 5.16. The molecular formula is C17H23NO. The third-order valence-electron chi connectivity index (χ3n) is 6.19. The second kappa shape index (κ2) is 3.76. The van der Waals surface area contributed by atoms with Gasteiger partial charge in [0, 0.05) is 12.6 Å². The molecule has 1 saturated carbocycles. The molecule has 0 amide bonds. The van der Waals surface area contributed by atoms with Gasteiger partial charge < -0.3 is 10.0 Å². The smallest absolute Gasteiger partial charge is 0.115 e. The van der Waals surface area contributed by atoms with Gasteiger partial charge in [-0.2, -0.15) is 0 Å². The highest BCUT2D eigenvalue weighted by Gasteiger charge is 2.52. The molecule has 1 N–H and O–H groups in total. The summed E-state index contributed by atoms with van der Waals surface area (Å²) in [4.78, 5) is 2.60. The average molecular weight is 257 g/mol. The van der Waals surface area contributed by atoms with Crippen LogP contribution in [0.25, 0.3) is 0 Å². The van der Waals surface area contributed by atoms with Crippen molar-refractivity contribution in [3.8, 4) is 5.75 Å². The highest BCUT2D eigenvalue weighted by Crippen LogP contribution is 2.54. The molecule has 0 aromatic heterocycles. The van der Waals surface area contributed by atoms with E-state index < -0.39 is 0 Å². The lowest BCUT2D eigenvalue weighted by atomic mass is 9.53. The zero-order valence-corrected chi connectivity index (χ0v) is 11.9. The summed E-state index contributed by atoms with van der Waals surface area (Å²) >= 11 is 0. The summed E-state index contributed by atoms with van der Waals surface area (Å²) in [7, 11) is 2.31. The van der Waals surface area contributed by atoms with Crippen LogP contribution in [-0.2, 0) is 11.8 Å². The number of benzene rings is 1. The van der Waals surface area contributed by atoms with Crippen molar-refractivity contribution in [2.45, 2.75) is 44.1 Å². The van der Waals surface area contributed by atoms with E-state index >= 15 is 0 Å². The Morgan fingerprint density at radius 1 is 1.37 bits per heavy atom. The molecule has 4 atom stereocenters. The molecule has 1 aliphatic heterocycles. The molecule has 2 bridgehead atoms. The Labute approximate surface area is 115 Å². The molecule has 4 rings (SSSR count). The van der Waals surface area contributed by atoms with Gasteiger partial charge in [0.25, 0.3) is 0 Å². The number of hydrogen-bond donors (Lipinski definition) is 1. The van der Waals surface area contributed by atoms with Crippen LogP contribution >= 0.6 is 0 Å². The van der Waals surface area contributed by atoms with Crippen molar-refractivity contribution in [3.63, 3.8) is 0 Å². The van der Waals surface area contributed by atoms with Crippen molar-refractivity contribution in [2.24, 2.45) is 11.8 Å². The molecule has 2 aliphatic carbocycles. The summed E-state index contributed by atoms with van der Waals surface area (Å²) in [5.74, 6) is 2.11. The summed E-state index contributed by atoms with van der Waals surface area (Å²) < 4.78 is 0. The summed E-state index contributed by atoms with van der Waals surface area (Å²) in [6.07, 6.45) is 5.20. The van der Waals surface area contributed by atoms with Gasteiger partial charge in [-0.3, -0.25) is 0 Å². The fraction of sp³-hybridized carbons (Fsp3) is 0.647. The lowest BCUT2D eigenvalue weighted by molar-refractivity contribution is -0.0142.